The third-order valence-corrected chi connectivity index (χ3v) is 8.98. The standard InChI is InChI=1S/C21H20Cl2FN3O5S/c1-26-10-21(11-26,18-15(24)6-12(22)8-25-18)20(30)27-9-13(7-16(27)19(28)29)33(31,32)17-5-3-2-4-14(17)23/h2-6,8,13,16H,7,9-11H2,1H3,(H,28,29)/t13-,16+/m1/s1. The maximum absolute atomic E-state index is 14.8. The topological polar surface area (TPSA) is 108 Å². The summed E-state index contributed by atoms with van der Waals surface area (Å²) < 4.78 is 41.2. The number of hydrogen-bond acceptors (Lipinski definition) is 6. The maximum Gasteiger partial charge on any atom is 0.326 e. The van der Waals surface area contributed by atoms with Crippen LogP contribution in [0.5, 0.6) is 0 Å². The first-order valence-corrected chi connectivity index (χ1v) is 12.3. The number of aromatic nitrogens is 1. The van der Waals surface area contributed by atoms with Crippen molar-refractivity contribution in [2.45, 2.75) is 28.0 Å². The summed E-state index contributed by atoms with van der Waals surface area (Å²) >= 11 is 11.9. The van der Waals surface area contributed by atoms with Crippen molar-refractivity contribution >= 4 is 44.9 Å². The lowest BCUT2D eigenvalue weighted by Crippen LogP contribution is -2.67. The first kappa shape index (κ1) is 23.9. The molecule has 0 spiro atoms. The molecule has 12 heteroatoms. The van der Waals surface area contributed by atoms with E-state index in [1.807, 2.05) is 0 Å². The van der Waals surface area contributed by atoms with Gasteiger partial charge in [0.1, 0.15) is 17.3 Å². The third-order valence-electron chi connectivity index (χ3n) is 6.14. The summed E-state index contributed by atoms with van der Waals surface area (Å²) in [5.41, 5.74) is -1.59. The molecular formula is C21H20Cl2FN3O5S. The number of amides is 1. The van der Waals surface area contributed by atoms with E-state index in [4.69, 9.17) is 23.2 Å². The van der Waals surface area contributed by atoms with Crippen LogP contribution < -0.4 is 0 Å². The lowest BCUT2D eigenvalue weighted by molar-refractivity contribution is -0.154. The van der Waals surface area contributed by atoms with E-state index in [0.717, 1.165) is 11.0 Å². The molecule has 0 saturated carbocycles. The number of carbonyl (C=O) groups is 2. The Morgan fingerprint density at radius 2 is 1.91 bits per heavy atom. The second kappa shape index (κ2) is 8.50. The average Bonchev–Trinajstić information content (AvgIpc) is 3.18. The summed E-state index contributed by atoms with van der Waals surface area (Å²) in [4.78, 5) is 32.4. The van der Waals surface area contributed by atoms with Crippen LogP contribution >= 0.6 is 23.2 Å². The molecule has 8 nitrogen and oxygen atoms in total. The maximum atomic E-state index is 14.8. The molecule has 1 amide bonds. The van der Waals surface area contributed by atoms with Crippen molar-refractivity contribution in [3.05, 3.63) is 58.1 Å². The number of pyridine rings is 1. The number of carboxylic acids is 1. The molecule has 0 unspecified atom stereocenters. The molecule has 2 fully saturated rings. The highest BCUT2D eigenvalue weighted by atomic mass is 35.5. The Labute approximate surface area is 199 Å². The molecule has 2 aliphatic rings. The van der Waals surface area contributed by atoms with Gasteiger partial charge in [0, 0.05) is 25.8 Å². The van der Waals surface area contributed by atoms with Crippen LogP contribution in [0.15, 0.2) is 41.4 Å². The molecular weight excluding hydrogens is 496 g/mol. The quantitative estimate of drug-likeness (QED) is 0.650. The fourth-order valence-corrected chi connectivity index (χ4v) is 7.00. The Kier molecular flexibility index (Phi) is 6.15. The van der Waals surface area contributed by atoms with Gasteiger partial charge in [-0.1, -0.05) is 35.3 Å². The summed E-state index contributed by atoms with van der Waals surface area (Å²) in [6.45, 7) is -0.158. The van der Waals surface area contributed by atoms with Crippen LogP contribution in [-0.4, -0.2) is 78.2 Å². The number of likely N-dealkylation sites (tertiary alicyclic amines) is 2. The predicted octanol–water partition coefficient (Wildman–Crippen LogP) is 2.24. The number of carboxylic acid groups (broad SMARTS) is 1. The van der Waals surface area contributed by atoms with Gasteiger partial charge < -0.3 is 14.9 Å². The number of carbonyl (C=O) groups excluding carboxylic acids is 1. The van der Waals surface area contributed by atoms with Crippen molar-refractivity contribution in [1.29, 1.82) is 0 Å². The van der Waals surface area contributed by atoms with Gasteiger partial charge in [0.05, 0.1) is 25.9 Å². The molecule has 0 radical (unpaired) electrons. The number of halogens is 3. The predicted molar refractivity (Wildman–Crippen MR) is 119 cm³/mol. The second-order valence-corrected chi connectivity index (χ2v) is 11.4. The largest absolute Gasteiger partial charge is 0.480 e. The Balaban J connectivity index is 1.71. The van der Waals surface area contributed by atoms with Gasteiger partial charge in [-0.3, -0.25) is 9.78 Å². The van der Waals surface area contributed by atoms with Gasteiger partial charge in [-0.2, -0.15) is 0 Å². The SMILES string of the molecule is CN1CC(C(=O)N2C[C@H](S(=O)(=O)c3ccccc3Cl)C[C@H]2C(=O)O)(c2ncc(Cl)cc2F)C1. The van der Waals surface area contributed by atoms with Gasteiger partial charge in [0.2, 0.25) is 5.91 Å². The van der Waals surface area contributed by atoms with E-state index in [1.54, 1.807) is 18.0 Å². The molecule has 3 heterocycles. The Morgan fingerprint density at radius 1 is 1.24 bits per heavy atom. The number of aliphatic carboxylic acids is 1. The van der Waals surface area contributed by atoms with E-state index in [-0.39, 0.29) is 46.7 Å². The monoisotopic (exact) mass is 515 g/mol. The fourth-order valence-electron chi connectivity index (χ4n) is 4.64. The van der Waals surface area contributed by atoms with Gasteiger partial charge in [0.25, 0.3) is 0 Å². The minimum absolute atomic E-state index is 0.0127. The fraction of sp³-hybridized carbons (Fsp3) is 0.381. The molecule has 1 N–H and O–H groups in total. The third kappa shape index (κ3) is 3.99. The molecule has 33 heavy (non-hydrogen) atoms. The highest BCUT2D eigenvalue weighted by molar-refractivity contribution is 7.92. The zero-order chi connectivity index (χ0) is 24.1. The minimum Gasteiger partial charge on any atom is -0.480 e. The number of nitrogens with zero attached hydrogens (tertiary/aromatic N) is 3. The lowest BCUT2D eigenvalue weighted by atomic mass is 9.75. The summed E-state index contributed by atoms with van der Waals surface area (Å²) in [5, 5.41) is 8.67. The van der Waals surface area contributed by atoms with Crippen LogP contribution in [0.2, 0.25) is 10.0 Å². The van der Waals surface area contributed by atoms with E-state index in [1.165, 1.54) is 24.4 Å². The summed E-state index contributed by atoms with van der Waals surface area (Å²) in [6.07, 6.45) is 0.910. The van der Waals surface area contributed by atoms with Crippen LogP contribution in [0.4, 0.5) is 4.39 Å². The van der Waals surface area contributed by atoms with Gasteiger partial charge in [0.15, 0.2) is 9.84 Å². The van der Waals surface area contributed by atoms with E-state index in [9.17, 15) is 27.5 Å². The Bertz CT molecular complexity index is 1240. The molecule has 0 bridgehead atoms. The number of benzene rings is 1. The van der Waals surface area contributed by atoms with Gasteiger partial charge in [-0.05, 0) is 31.7 Å². The van der Waals surface area contributed by atoms with E-state index in [2.05, 4.69) is 4.98 Å². The smallest absolute Gasteiger partial charge is 0.326 e. The zero-order valence-electron chi connectivity index (χ0n) is 17.4. The molecule has 176 valence electrons. The number of rotatable bonds is 5. The van der Waals surface area contributed by atoms with Gasteiger partial charge in [-0.25, -0.2) is 17.6 Å². The summed E-state index contributed by atoms with van der Waals surface area (Å²) in [5.74, 6) is -2.80. The Morgan fingerprint density at radius 3 is 2.48 bits per heavy atom. The van der Waals surface area contributed by atoms with Crippen molar-refractivity contribution in [3.8, 4) is 0 Å². The van der Waals surface area contributed by atoms with E-state index in [0.29, 0.717) is 0 Å². The lowest BCUT2D eigenvalue weighted by Gasteiger charge is -2.48. The second-order valence-electron chi connectivity index (χ2n) is 8.38. The molecule has 2 atom stereocenters. The molecule has 2 aliphatic heterocycles. The first-order chi connectivity index (χ1) is 15.5. The summed E-state index contributed by atoms with van der Waals surface area (Å²) in [6, 6.07) is 5.51. The van der Waals surface area contributed by atoms with E-state index < -0.39 is 44.2 Å². The van der Waals surface area contributed by atoms with Gasteiger partial charge in [-0.15, -0.1) is 0 Å². The molecule has 2 aromatic rings. The molecule has 4 rings (SSSR count). The van der Waals surface area contributed by atoms with Gasteiger partial charge >= 0.3 is 5.97 Å². The highest BCUT2D eigenvalue weighted by Crippen LogP contribution is 2.40. The van der Waals surface area contributed by atoms with Crippen molar-refractivity contribution in [2.75, 3.05) is 26.7 Å². The van der Waals surface area contributed by atoms with Crippen molar-refractivity contribution in [1.82, 2.24) is 14.8 Å². The normalized spacial score (nSPS) is 22.7. The zero-order valence-corrected chi connectivity index (χ0v) is 19.7. The van der Waals surface area contributed by atoms with Crippen LogP contribution in [0.1, 0.15) is 12.1 Å². The van der Waals surface area contributed by atoms with Crippen LogP contribution in [0, 0.1) is 5.82 Å². The molecule has 1 aromatic heterocycles. The molecule has 0 aliphatic carbocycles. The average molecular weight is 516 g/mol. The van der Waals surface area contributed by atoms with Crippen molar-refractivity contribution in [2.24, 2.45) is 0 Å². The summed E-state index contributed by atoms with van der Waals surface area (Å²) in [7, 11) is -2.31. The van der Waals surface area contributed by atoms with Crippen LogP contribution in [0.3, 0.4) is 0 Å². The Hall–Kier alpha value is -2.27. The number of hydrogen-bond donors (Lipinski definition) is 1. The molecule has 1 aromatic carbocycles. The molecule has 2 saturated heterocycles. The van der Waals surface area contributed by atoms with E-state index >= 15 is 0 Å². The first-order valence-electron chi connectivity index (χ1n) is 10.00. The van der Waals surface area contributed by atoms with Crippen LogP contribution in [0.25, 0.3) is 0 Å². The minimum atomic E-state index is -4.03. The van der Waals surface area contributed by atoms with Crippen molar-refractivity contribution < 1.29 is 27.5 Å². The van der Waals surface area contributed by atoms with Crippen LogP contribution in [-0.2, 0) is 24.8 Å². The number of likely N-dealkylation sites (N-methyl/N-ethyl adjacent to an activating group) is 1. The number of sulfone groups is 1. The van der Waals surface area contributed by atoms with Crippen molar-refractivity contribution in [3.63, 3.8) is 0 Å². The highest BCUT2D eigenvalue weighted by Gasteiger charge is 2.57.